The smallest absolute Gasteiger partial charge is 0.143 e. The Morgan fingerprint density at radius 1 is 0.722 bits per heavy atom. The number of hydrogen-bond donors (Lipinski definition) is 2. The Kier molecular flexibility index (Phi) is 4.38. The summed E-state index contributed by atoms with van der Waals surface area (Å²) in [6.07, 6.45) is 0. The van der Waals surface area contributed by atoms with Crippen molar-refractivity contribution in [3.63, 3.8) is 0 Å². The van der Waals surface area contributed by atoms with Crippen LogP contribution in [0, 0.1) is 7.14 Å². The van der Waals surface area contributed by atoms with E-state index in [4.69, 9.17) is 0 Å². The molecule has 0 radical (unpaired) electrons. The minimum absolute atomic E-state index is 0.0595. The zero-order valence-corrected chi connectivity index (χ0v) is 13.3. The topological polar surface area (TPSA) is 65.2 Å². The van der Waals surface area contributed by atoms with E-state index in [0.29, 0.717) is 11.4 Å². The van der Waals surface area contributed by atoms with Gasteiger partial charge in [0.15, 0.2) is 0 Å². The Morgan fingerprint density at radius 3 is 1.50 bits per heavy atom. The molecule has 0 aliphatic carbocycles. The fourth-order valence-electron chi connectivity index (χ4n) is 1.26. The summed E-state index contributed by atoms with van der Waals surface area (Å²) in [5.74, 6) is 0.119. The van der Waals surface area contributed by atoms with Crippen molar-refractivity contribution in [2.24, 2.45) is 10.2 Å². The number of phenolic OH excluding ortho intramolecular Hbond substituents is 2. The van der Waals surface area contributed by atoms with E-state index < -0.39 is 0 Å². The molecule has 0 bridgehead atoms. The van der Waals surface area contributed by atoms with E-state index in [1.165, 1.54) is 0 Å². The van der Waals surface area contributed by atoms with Gasteiger partial charge in [0, 0.05) is 7.14 Å². The standard InChI is InChI=1S/C12H8I2N2O2/c13-7-1-3-11(17)9(5-7)15-16-10-6-8(14)2-4-12(10)18/h1-6,17-18H. The SMILES string of the molecule is Oc1ccc(I)cc1N=Nc1cc(I)ccc1O. The van der Waals surface area contributed by atoms with Gasteiger partial charge in [-0.2, -0.15) is 0 Å². The zero-order chi connectivity index (χ0) is 13.1. The van der Waals surface area contributed by atoms with Crippen LogP contribution in [0.3, 0.4) is 0 Å². The normalized spacial score (nSPS) is 11.0. The third kappa shape index (κ3) is 3.31. The summed E-state index contributed by atoms with van der Waals surface area (Å²) in [6, 6.07) is 10.1. The van der Waals surface area contributed by atoms with E-state index in [2.05, 4.69) is 55.4 Å². The van der Waals surface area contributed by atoms with E-state index in [1.54, 1.807) is 36.4 Å². The van der Waals surface area contributed by atoms with Gasteiger partial charge in [-0.15, -0.1) is 10.2 Å². The number of azo groups is 1. The Balaban J connectivity index is 2.35. The molecule has 0 fully saturated rings. The Bertz CT molecular complexity index is 562. The molecule has 2 aromatic rings. The Hall–Kier alpha value is -0.900. The predicted octanol–water partition coefficient (Wildman–Crippen LogP) is 4.72. The van der Waals surface area contributed by atoms with Crippen molar-refractivity contribution in [2.45, 2.75) is 0 Å². The maximum atomic E-state index is 9.62. The van der Waals surface area contributed by atoms with Crippen LogP contribution >= 0.6 is 45.2 Å². The second-order valence-electron chi connectivity index (χ2n) is 3.47. The van der Waals surface area contributed by atoms with Crippen molar-refractivity contribution >= 4 is 56.6 Å². The number of benzene rings is 2. The quantitative estimate of drug-likeness (QED) is 0.497. The maximum absolute atomic E-state index is 9.62. The van der Waals surface area contributed by atoms with Gasteiger partial charge >= 0.3 is 0 Å². The third-order valence-electron chi connectivity index (χ3n) is 2.14. The van der Waals surface area contributed by atoms with Gasteiger partial charge in [0.05, 0.1) is 0 Å². The van der Waals surface area contributed by atoms with Crippen LogP contribution in [0.5, 0.6) is 11.5 Å². The summed E-state index contributed by atoms with van der Waals surface area (Å²) in [4.78, 5) is 0. The van der Waals surface area contributed by atoms with Crippen molar-refractivity contribution in [3.05, 3.63) is 43.5 Å². The summed E-state index contributed by atoms with van der Waals surface area (Å²) < 4.78 is 1.90. The van der Waals surface area contributed by atoms with E-state index in [-0.39, 0.29) is 11.5 Å². The molecule has 0 spiro atoms. The first-order valence-corrected chi connectivity index (χ1v) is 7.11. The lowest BCUT2D eigenvalue weighted by atomic mass is 10.3. The van der Waals surface area contributed by atoms with E-state index in [1.807, 2.05) is 0 Å². The average molecular weight is 466 g/mol. The lowest BCUT2D eigenvalue weighted by Gasteiger charge is -2.00. The second kappa shape index (κ2) is 5.83. The fraction of sp³-hybridized carbons (Fsp3) is 0. The molecule has 0 saturated carbocycles. The molecule has 4 nitrogen and oxygen atoms in total. The Labute approximate surface area is 131 Å². The number of phenols is 2. The third-order valence-corrected chi connectivity index (χ3v) is 3.48. The van der Waals surface area contributed by atoms with Crippen molar-refractivity contribution in [1.29, 1.82) is 0 Å². The number of hydrogen-bond acceptors (Lipinski definition) is 4. The van der Waals surface area contributed by atoms with Gasteiger partial charge in [-0.05, 0) is 81.6 Å². The maximum Gasteiger partial charge on any atom is 0.143 e. The molecule has 2 N–H and O–H groups in total. The van der Waals surface area contributed by atoms with Crippen LogP contribution in [0.2, 0.25) is 0 Å². The summed E-state index contributed by atoms with van der Waals surface area (Å²) in [7, 11) is 0. The number of halogens is 2. The van der Waals surface area contributed by atoms with Crippen molar-refractivity contribution in [3.8, 4) is 11.5 Å². The molecule has 0 aliphatic heterocycles. The van der Waals surface area contributed by atoms with Crippen LogP contribution in [0.25, 0.3) is 0 Å². The number of rotatable bonds is 2. The molecular formula is C12H8I2N2O2. The summed E-state index contributed by atoms with van der Waals surface area (Å²) in [6.45, 7) is 0. The highest BCUT2D eigenvalue weighted by molar-refractivity contribution is 14.1. The van der Waals surface area contributed by atoms with E-state index in [9.17, 15) is 10.2 Å². The molecule has 2 rings (SSSR count). The molecule has 0 aromatic heterocycles. The summed E-state index contributed by atoms with van der Waals surface area (Å²) in [5.41, 5.74) is 0.750. The first-order valence-electron chi connectivity index (χ1n) is 4.95. The number of nitrogens with zero attached hydrogens (tertiary/aromatic N) is 2. The van der Waals surface area contributed by atoms with Crippen molar-refractivity contribution < 1.29 is 10.2 Å². The minimum Gasteiger partial charge on any atom is -0.506 e. The van der Waals surface area contributed by atoms with Gasteiger partial charge in [-0.25, -0.2) is 0 Å². The molecule has 0 heterocycles. The van der Waals surface area contributed by atoms with Crippen LogP contribution < -0.4 is 0 Å². The monoisotopic (exact) mass is 466 g/mol. The minimum atomic E-state index is 0.0595. The molecule has 0 aliphatic rings. The van der Waals surface area contributed by atoms with E-state index >= 15 is 0 Å². The highest BCUT2D eigenvalue weighted by Crippen LogP contribution is 2.33. The molecule has 18 heavy (non-hydrogen) atoms. The molecule has 0 atom stereocenters. The second-order valence-corrected chi connectivity index (χ2v) is 5.96. The van der Waals surface area contributed by atoms with Crippen molar-refractivity contribution in [2.75, 3.05) is 0 Å². The number of aromatic hydroxyl groups is 2. The van der Waals surface area contributed by atoms with Gasteiger partial charge < -0.3 is 10.2 Å². The van der Waals surface area contributed by atoms with Gasteiger partial charge in [-0.1, -0.05) is 0 Å². The zero-order valence-electron chi connectivity index (χ0n) is 9.01. The van der Waals surface area contributed by atoms with Crippen LogP contribution in [-0.2, 0) is 0 Å². The van der Waals surface area contributed by atoms with Crippen molar-refractivity contribution in [1.82, 2.24) is 0 Å². The van der Waals surface area contributed by atoms with Gasteiger partial charge in [-0.3, -0.25) is 0 Å². The fourth-order valence-corrected chi connectivity index (χ4v) is 2.21. The van der Waals surface area contributed by atoms with Crippen LogP contribution in [0.4, 0.5) is 11.4 Å². The molecular weight excluding hydrogens is 458 g/mol. The molecule has 0 saturated heterocycles. The Morgan fingerprint density at radius 2 is 1.11 bits per heavy atom. The van der Waals surface area contributed by atoms with Crippen LogP contribution in [0.15, 0.2) is 46.6 Å². The summed E-state index contributed by atoms with van der Waals surface area (Å²) in [5, 5.41) is 27.1. The first kappa shape index (κ1) is 13.5. The van der Waals surface area contributed by atoms with Gasteiger partial charge in [0.2, 0.25) is 0 Å². The lowest BCUT2D eigenvalue weighted by Crippen LogP contribution is -1.73. The highest BCUT2D eigenvalue weighted by atomic mass is 127. The van der Waals surface area contributed by atoms with Crippen LogP contribution in [-0.4, -0.2) is 10.2 Å². The largest absolute Gasteiger partial charge is 0.506 e. The van der Waals surface area contributed by atoms with E-state index in [0.717, 1.165) is 7.14 Å². The van der Waals surface area contributed by atoms with Gasteiger partial charge in [0.25, 0.3) is 0 Å². The first-order chi connectivity index (χ1) is 8.56. The molecule has 2 aromatic carbocycles. The highest BCUT2D eigenvalue weighted by Gasteiger charge is 2.03. The molecule has 6 heteroatoms. The summed E-state index contributed by atoms with van der Waals surface area (Å²) >= 11 is 4.25. The molecule has 92 valence electrons. The molecule has 0 unspecified atom stereocenters. The average Bonchev–Trinajstić information content (AvgIpc) is 2.34. The lowest BCUT2D eigenvalue weighted by molar-refractivity contribution is 0.473. The predicted molar refractivity (Wildman–Crippen MR) is 85.8 cm³/mol. The molecule has 0 amide bonds. The van der Waals surface area contributed by atoms with Gasteiger partial charge in [0.1, 0.15) is 22.9 Å². The van der Waals surface area contributed by atoms with Crippen LogP contribution in [0.1, 0.15) is 0 Å².